The van der Waals surface area contributed by atoms with Gasteiger partial charge in [-0.05, 0) is 25.3 Å². The molecule has 1 atom stereocenters. The first-order chi connectivity index (χ1) is 13.6. The lowest BCUT2D eigenvalue weighted by Crippen LogP contribution is -2.59. The number of likely N-dealkylation sites (tertiary alicyclic amines) is 1. The molecule has 1 saturated carbocycles. The summed E-state index contributed by atoms with van der Waals surface area (Å²) in [5.74, 6) is 0.965. The highest BCUT2D eigenvalue weighted by molar-refractivity contribution is 5.94. The molecule has 1 aliphatic heterocycles. The standard InChI is InChI=1S/C22H24N4O2/c1-15-18(24-20(28-15)17-12-23-25(2)13-17)21(27)26-14-22(10-6-7-11-22)19(26)16-8-4-3-5-9-16/h3-5,8-9,12-13,19H,6-7,10-11,14H2,1-2H3/t19-/m1/s1. The molecule has 28 heavy (non-hydrogen) atoms. The van der Waals surface area contributed by atoms with Gasteiger partial charge in [-0.3, -0.25) is 9.48 Å². The largest absolute Gasteiger partial charge is 0.440 e. The third-order valence-electron chi connectivity index (χ3n) is 6.30. The van der Waals surface area contributed by atoms with Gasteiger partial charge in [0.05, 0.1) is 17.8 Å². The van der Waals surface area contributed by atoms with Gasteiger partial charge in [-0.1, -0.05) is 43.2 Å². The van der Waals surface area contributed by atoms with Gasteiger partial charge in [-0.2, -0.15) is 5.10 Å². The molecule has 5 rings (SSSR count). The van der Waals surface area contributed by atoms with E-state index >= 15 is 0 Å². The molecule has 1 amide bonds. The van der Waals surface area contributed by atoms with Crippen molar-refractivity contribution in [2.24, 2.45) is 12.5 Å². The summed E-state index contributed by atoms with van der Waals surface area (Å²) in [6.07, 6.45) is 8.41. The summed E-state index contributed by atoms with van der Waals surface area (Å²) in [6, 6.07) is 10.5. The van der Waals surface area contributed by atoms with Crippen LogP contribution in [0.25, 0.3) is 11.5 Å². The molecule has 2 aliphatic rings. The fourth-order valence-electron chi connectivity index (χ4n) is 4.99. The minimum Gasteiger partial charge on any atom is -0.440 e. The molecule has 1 saturated heterocycles. The van der Waals surface area contributed by atoms with Crippen LogP contribution in [0.15, 0.2) is 47.1 Å². The van der Waals surface area contributed by atoms with Crippen molar-refractivity contribution in [3.8, 4) is 11.5 Å². The van der Waals surface area contributed by atoms with Crippen LogP contribution in [0, 0.1) is 12.3 Å². The van der Waals surface area contributed by atoms with E-state index in [1.165, 1.54) is 31.2 Å². The second-order valence-electron chi connectivity index (χ2n) is 8.14. The molecule has 0 bridgehead atoms. The summed E-state index contributed by atoms with van der Waals surface area (Å²) in [5, 5.41) is 4.16. The number of hydrogen-bond acceptors (Lipinski definition) is 4. The second-order valence-corrected chi connectivity index (χ2v) is 8.14. The van der Waals surface area contributed by atoms with Gasteiger partial charge in [0.15, 0.2) is 5.69 Å². The topological polar surface area (TPSA) is 64.2 Å². The van der Waals surface area contributed by atoms with Gasteiger partial charge in [0.2, 0.25) is 5.89 Å². The average molecular weight is 376 g/mol. The van der Waals surface area contributed by atoms with E-state index in [1.54, 1.807) is 10.9 Å². The first-order valence-corrected chi connectivity index (χ1v) is 9.90. The minimum absolute atomic E-state index is 0.0391. The number of amides is 1. The fourth-order valence-corrected chi connectivity index (χ4v) is 4.99. The van der Waals surface area contributed by atoms with Gasteiger partial charge < -0.3 is 9.32 Å². The van der Waals surface area contributed by atoms with Crippen LogP contribution in [-0.2, 0) is 7.05 Å². The second kappa shape index (κ2) is 6.33. The maximum absolute atomic E-state index is 13.4. The number of carbonyl (C=O) groups excluding carboxylic acids is 1. The first-order valence-electron chi connectivity index (χ1n) is 9.90. The Morgan fingerprint density at radius 1 is 1.21 bits per heavy atom. The summed E-state index contributed by atoms with van der Waals surface area (Å²) in [7, 11) is 1.84. The van der Waals surface area contributed by atoms with Crippen molar-refractivity contribution in [3.05, 3.63) is 59.7 Å². The van der Waals surface area contributed by atoms with Crippen molar-refractivity contribution in [1.29, 1.82) is 0 Å². The van der Waals surface area contributed by atoms with E-state index in [0.717, 1.165) is 12.1 Å². The maximum atomic E-state index is 13.4. The van der Waals surface area contributed by atoms with Crippen LogP contribution in [0.5, 0.6) is 0 Å². The Kier molecular flexibility index (Phi) is 3.89. The van der Waals surface area contributed by atoms with Crippen molar-refractivity contribution in [2.45, 2.75) is 38.6 Å². The molecule has 1 aromatic carbocycles. The Bertz CT molecular complexity index is 1010. The predicted molar refractivity (Wildman–Crippen MR) is 105 cm³/mol. The van der Waals surface area contributed by atoms with E-state index in [2.05, 4.69) is 34.3 Å². The van der Waals surface area contributed by atoms with Crippen molar-refractivity contribution < 1.29 is 9.21 Å². The quantitative estimate of drug-likeness (QED) is 0.689. The zero-order valence-corrected chi connectivity index (χ0v) is 16.3. The Labute approximate surface area is 164 Å². The minimum atomic E-state index is -0.0391. The van der Waals surface area contributed by atoms with E-state index in [9.17, 15) is 4.79 Å². The fraction of sp³-hybridized carbons (Fsp3) is 0.409. The number of carbonyl (C=O) groups is 1. The van der Waals surface area contributed by atoms with Gasteiger partial charge in [-0.25, -0.2) is 4.98 Å². The van der Waals surface area contributed by atoms with Crippen LogP contribution in [0.3, 0.4) is 0 Å². The van der Waals surface area contributed by atoms with Gasteiger partial charge in [-0.15, -0.1) is 0 Å². The van der Waals surface area contributed by atoms with Crippen LogP contribution in [0.1, 0.15) is 53.5 Å². The van der Waals surface area contributed by atoms with E-state index in [0.29, 0.717) is 17.3 Å². The SMILES string of the molecule is Cc1oc(-c2cnn(C)c2)nc1C(=O)N1CC2(CCCC2)[C@H]1c1ccccc1. The molecule has 1 aliphatic carbocycles. The van der Waals surface area contributed by atoms with E-state index in [4.69, 9.17) is 4.42 Å². The zero-order chi connectivity index (χ0) is 19.3. The molecular formula is C22H24N4O2. The molecule has 2 aromatic heterocycles. The molecule has 0 radical (unpaired) electrons. The summed E-state index contributed by atoms with van der Waals surface area (Å²) < 4.78 is 7.50. The highest BCUT2D eigenvalue weighted by Gasteiger charge is 2.56. The Morgan fingerprint density at radius 2 is 1.96 bits per heavy atom. The summed E-state index contributed by atoms with van der Waals surface area (Å²) in [4.78, 5) is 19.9. The monoisotopic (exact) mass is 376 g/mol. The third-order valence-corrected chi connectivity index (χ3v) is 6.30. The summed E-state index contributed by atoms with van der Waals surface area (Å²) >= 11 is 0. The van der Waals surface area contributed by atoms with Gasteiger partial charge in [0.25, 0.3) is 5.91 Å². The molecule has 3 heterocycles. The van der Waals surface area contributed by atoms with Crippen molar-refractivity contribution >= 4 is 5.91 Å². The summed E-state index contributed by atoms with van der Waals surface area (Å²) in [5.41, 5.74) is 2.63. The van der Waals surface area contributed by atoms with Crippen molar-refractivity contribution in [2.75, 3.05) is 6.54 Å². The number of rotatable bonds is 3. The van der Waals surface area contributed by atoms with Crippen LogP contribution >= 0.6 is 0 Å². The van der Waals surface area contributed by atoms with Gasteiger partial charge >= 0.3 is 0 Å². The van der Waals surface area contributed by atoms with Crippen molar-refractivity contribution in [3.63, 3.8) is 0 Å². The molecule has 6 nitrogen and oxygen atoms in total. The lowest BCUT2D eigenvalue weighted by Gasteiger charge is -2.56. The number of aryl methyl sites for hydroxylation is 2. The van der Waals surface area contributed by atoms with Crippen LogP contribution in [0.2, 0.25) is 0 Å². The Hall–Kier alpha value is -2.89. The van der Waals surface area contributed by atoms with Crippen molar-refractivity contribution in [1.82, 2.24) is 19.7 Å². The number of oxazole rings is 1. The molecular weight excluding hydrogens is 352 g/mol. The first kappa shape index (κ1) is 17.2. The van der Waals surface area contributed by atoms with E-state index in [1.807, 2.05) is 31.1 Å². The molecule has 0 unspecified atom stereocenters. The Balaban J connectivity index is 1.47. The highest BCUT2D eigenvalue weighted by atomic mass is 16.4. The highest BCUT2D eigenvalue weighted by Crippen LogP contribution is 2.58. The van der Waals surface area contributed by atoms with Crippen LogP contribution in [-0.4, -0.2) is 32.1 Å². The molecule has 0 N–H and O–H groups in total. The number of aromatic nitrogens is 3. The maximum Gasteiger partial charge on any atom is 0.276 e. The van der Waals surface area contributed by atoms with Gasteiger partial charge in [0.1, 0.15) is 5.76 Å². The molecule has 3 aromatic rings. The lowest BCUT2D eigenvalue weighted by atomic mass is 9.67. The number of benzene rings is 1. The normalized spacial score (nSPS) is 20.5. The molecule has 2 fully saturated rings. The smallest absolute Gasteiger partial charge is 0.276 e. The third kappa shape index (κ3) is 2.58. The van der Waals surface area contributed by atoms with Gasteiger partial charge in [0, 0.05) is 25.2 Å². The molecule has 144 valence electrons. The predicted octanol–water partition coefficient (Wildman–Crippen LogP) is 4.14. The van der Waals surface area contributed by atoms with E-state index in [-0.39, 0.29) is 17.4 Å². The van der Waals surface area contributed by atoms with E-state index < -0.39 is 0 Å². The average Bonchev–Trinajstić information content (AvgIpc) is 3.41. The zero-order valence-electron chi connectivity index (χ0n) is 16.3. The molecule has 1 spiro atoms. The molecule has 6 heteroatoms. The Morgan fingerprint density at radius 3 is 2.64 bits per heavy atom. The van der Waals surface area contributed by atoms with Crippen LogP contribution < -0.4 is 0 Å². The van der Waals surface area contributed by atoms with Crippen LogP contribution in [0.4, 0.5) is 0 Å². The number of hydrogen-bond donors (Lipinski definition) is 0. The summed E-state index contributed by atoms with van der Waals surface area (Å²) in [6.45, 7) is 2.61. The number of nitrogens with zero attached hydrogens (tertiary/aromatic N) is 4. The lowest BCUT2D eigenvalue weighted by molar-refractivity contribution is -0.0514.